The van der Waals surface area contributed by atoms with E-state index in [1.807, 2.05) is 37.5 Å². The first kappa shape index (κ1) is 12.2. The van der Waals surface area contributed by atoms with Gasteiger partial charge in [0.25, 0.3) is 0 Å². The molecule has 1 N–H and O–H groups in total. The van der Waals surface area contributed by atoms with Gasteiger partial charge in [0.2, 0.25) is 0 Å². The molecule has 0 unspecified atom stereocenters. The number of hydrogen-bond acceptors (Lipinski definition) is 3. The van der Waals surface area contributed by atoms with Crippen LogP contribution < -0.4 is 5.32 Å². The first-order valence-corrected chi connectivity index (χ1v) is 6.69. The Kier molecular flexibility index (Phi) is 4.64. The van der Waals surface area contributed by atoms with Crippen molar-refractivity contribution in [1.82, 2.24) is 14.9 Å². The van der Waals surface area contributed by atoms with Crippen LogP contribution in [0.1, 0.15) is 5.56 Å². The Morgan fingerprint density at radius 1 is 1.29 bits per heavy atom. The van der Waals surface area contributed by atoms with Crippen LogP contribution in [0.25, 0.3) is 0 Å². The zero-order valence-corrected chi connectivity index (χ0v) is 10.8. The van der Waals surface area contributed by atoms with Gasteiger partial charge in [0.15, 0.2) is 0 Å². The van der Waals surface area contributed by atoms with Gasteiger partial charge < -0.3 is 9.88 Å². The molecule has 0 amide bonds. The molecule has 0 fully saturated rings. The highest BCUT2D eigenvalue weighted by Gasteiger charge is 1.96. The second-order valence-corrected chi connectivity index (χ2v) is 4.99. The predicted octanol–water partition coefficient (Wildman–Crippen LogP) is 2.39. The Hall–Kier alpha value is -1.26. The first-order chi connectivity index (χ1) is 8.38. The van der Waals surface area contributed by atoms with Crippen molar-refractivity contribution in [2.45, 2.75) is 18.0 Å². The molecular weight excluding hydrogens is 230 g/mol. The molecule has 0 aliphatic rings. The SMILES string of the molecule is CNCc1ccc(SCCn2ccnc2)cc1. The summed E-state index contributed by atoms with van der Waals surface area (Å²) in [5.41, 5.74) is 1.33. The summed E-state index contributed by atoms with van der Waals surface area (Å²) in [4.78, 5) is 5.35. The molecule has 2 aromatic rings. The molecule has 0 spiro atoms. The summed E-state index contributed by atoms with van der Waals surface area (Å²) >= 11 is 1.88. The normalized spacial score (nSPS) is 10.6. The second-order valence-electron chi connectivity index (χ2n) is 3.82. The van der Waals surface area contributed by atoms with Crippen molar-refractivity contribution in [3.63, 3.8) is 0 Å². The lowest BCUT2D eigenvalue weighted by Gasteiger charge is -2.04. The van der Waals surface area contributed by atoms with Crippen molar-refractivity contribution in [2.24, 2.45) is 0 Å². The van der Waals surface area contributed by atoms with Crippen molar-refractivity contribution in [1.29, 1.82) is 0 Å². The molecule has 2 rings (SSSR count). The van der Waals surface area contributed by atoms with Crippen molar-refractivity contribution in [2.75, 3.05) is 12.8 Å². The molecule has 1 aromatic heterocycles. The van der Waals surface area contributed by atoms with Crippen LogP contribution in [0.2, 0.25) is 0 Å². The summed E-state index contributed by atoms with van der Waals surface area (Å²) in [7, 11) is 1.97. The van der Waals surface area contributed by atoms with Crippen LogP contribution in [-0.2, 0) is 13.1 Å². The number of aromatic nitrogens is 2. The minimum Gasteiger partial charge on any atom is -0.337 e. The number of benzene rings is 1. The van der Waals surface area contributed by atoms with Gasteiger partial charge in [-0.1, -0.05) is 12.1 Å². The summed E-state index contributed by atoms with van der Waals surface area (Å²) < 4.78 is 2.10. The fourth-order valence-electron chi connectivity index (χ4n) is 1.60. The van der Waals surface area contributed by atoms with E-state index < -0.39 is 0 Å². The van der Waals surface area contributed by atoms with E-state index in [0.29, 0.717) is 0 Å². The first-order valence-electron chi connectivity index (χ1n) is 5.70. The minimum absolute atomic E-state index is 0.931. The lowest BCUT2D eigenvalue weighted by Crippen LogP contribution is -2.04. The monoisotopic (exact) mass is 247 g/mol. The summed E-state index contributed by atoms with van der Waals surface area (Å²) in [6.45, 7) is 1.93. The van der Waals surface area contributed by atoms with Gasteiger partial charge in [0.1, 0.15) is 0 Å². The van der Waals surface area contributed by atoms with Crippen LogP contribution in [-0.4, -0.2) is 22.4 Å². The van der Waals surface area contributed by atoms with E-state index in [0.717, 1.165) is 18.8 Å². The molecule has 0 saturated carbocycles. The number of aryl methyl sites for hydroxylation is 1. The standard InChI is InChI=1S/C13H17N3S/c1-14-10-12-2-4-13(5-3-12)17-9-8-16-7-6-15-11-16/h2-7,11,14H,8-10H2,1H3. The van der Waals surface area contributed by atoms with Crippen LogP contribution in [0.3, 0.4) is 0 Å². The molecule has 90 valence electrons. The molecule has 17 heavy (non-hydrogen) atoms. The van der Waals surface area contributed by atoms with Crippen molar-refractivity contribution < 1.29 is 0 Å². The molecule has 0 radical (unpaired) electrons. The van der Waals surface area contributed by atoms with Crippen LogP contribution in [0.15, 0.2) is 47.9 Å². The van der Waals surface area contributed by atoms with Gasteiger partial charge in [0, 0.05) is 36.1 Å². The van der Waals surface area contributed by atoms with Crippen LogP contribution >= 0.6 is 11.8 Å². The third-order valence-electron chi connectivity index (χ3n) is 2.48. The minimum atomic E-state index is 0.931. The van der Waals surface area contributed by atoms with E-state index >= 15 is 0 Å². The summed E-state index contributed by atoms with van der Waals surface area (Å²) in [5.74, 6) is 1.07. The van der Waals surface area contributed by atoms with Gasteiger partial charge in [-0.2, -0.15) is 0 Å². The van der Waals surface area contributed by atoms with Gasteiger partial charge in [-0.3, -0.25) is 0 Å². The largest absolute Gasteiger partial charge is 0.337 e. The Morgan fingerprint density at radius 3 is 2.76 bits per heavy atom. The van der Waals surface area contributed by atoms with E-state index in [1.54, 1.807) is 0 Å². The average molecular weight is 247 g/mol. The zero-order chi connectivity index (χ0) is 11.9. The maximum Gasteiger partial charge on any atom is 0.0946 e. The Bertz CT molecular complexity index is 422. The number of rotatable bonds is 6. The highest BCUT2D eigenvalue weighted by atomic mass is 32.2. The predicted molar refractivity (Wildman–Crippen MR) is 72.2 cm³/mol. The number of imidazole rings is 1. The van der Waals surface area contributed by atoms with Gasteiger partial charge >= 0.3 is 0 Å². The zero-order valence-electron chi connectivity index (χ0n) is 9.97. The molecule has 1 heterocycles. The van der Waals surface area contributed by atoms with Gasteiger partial charge in [0.05, 0.1) is 6.33 Å². The third kappa shape index (κ3) is 3.91. The average Bonchev–Trinajstić information content (AvgIpc) is 2.85. The van der Waals surface area contributed by atoms with E-state index in [4.69, 9.17) is 0 Å². The highest BCUT2D eigenvalue weighted by Crippen LogP contribution is 2.18. The van der Waals surface area contributed by atoms with Gasteiger partial charge in [-0.25, -0.2) is 4.98 Å². The van der Waals surface area contributed by atoms with Crippen LogP contribution in [0, 0.1) is 0 Å². The van der Waals surface area contributed by atoms with Crippen molar-refractivity contribution >= 4 is 11.8 Å². The van der Waals surface area contributed by atoms with Crippen molar-refractivity contribution in [3.05, 3.63) is 48.5 Å². The quantitative estimate of drug-likeness (QED) is 0.795. The smallest absolute Gasteiger partial charge is 0.0946 e. The molecule has 0 aliphatic carbocycles. The molecule has 0 bridgehead atoms. The highest BCUT2D eigenvalue weighted by molar-refractivity contribution is 7.99. The Labute approximate surface area is 106 Å². The van der Waals surface area contributed by atoms with Crippen molar-refractivity contribution in [3.8, 4) is 0 Å². The van der Waals surface area contributed by atoms with E-state index in [-0.39, 0.29) is 0 Å². The molecule has 0 atom stereocenters. The maximum atomic E-state index is 4.03. The summed E-state index contributed by atoms with van der Waals surface area (Å²) in [6.07, 6.45) is 5.67. The van der Waals surface area contributed by atoms with Crippen LogP contribution in [0.5, 0.6) is 0 Å². The summed E-state index contributed by atoms with van der Waals surface area (Å²) in [5, 5.41) is 3.15. The Morgan fingerprint density at radius 2 is 2.12 bits per heavy atom. The number of hydrogen-bond donors (Lipinski definition) is 1. The Balaban J connectivity index is 1.79. The third-order valence-corrected chi connectivity index (χ3v) is 3.47. The fraction of sp³-hybridized carbons (Fsp3) is 0.308. The summed E-state index contributed by atoms with van der Waals surface area (Å²) in [6, 6.07) is 8.72. The fourth-order valence-corrected chi connectivity index (χ4v) is 2.46. The molecule has 1 aromatic carbocycles. The number of nitrogens with zero attached hydrogens (tertiary/aromatic N) is 2. The van der Waals surface area contributed by atoms with E-state index in [2.05, 4.69) is 39.1 Å². The van der Waals surface area contributed by atoms with Gasteiger partial charge in [-0.15, -0.1) is 11.8 Å². The maximum absolute atomic E-state index is 4.03. The number of nitrogens with one attached hydrogen (secondary N) is 1. The molecule has 0 aliphatic heterocycles. The van der Waals surface area contributed by atoms with E-state index in [9.17, 15) is 0 Å². The number of thioether (sulfide) groups is 1. The molecule has 3 nitrogen and oxygen atoms in total. The second kappa shape index (κ2) is 6.47. The van der Waals surface area contributed by atoms with Gasteiger partial charge in [-0.05, 0) is 24.7 Å². The molecular formula is C13H17N3S. The van der Waals surface area contributed by atoms with E-state index in [1.165, 1.54) is 10.5 Å². The van der Waals surface area contributed by atoms with Crippen LogP contribution in [0.4, 0.5) is 0 Å². The molecule has 4 heteroatoms. The topological polar surface area (TPSA) is 29.9 Å². The lowest BCUT2D eigenvalue weighted by molar-refractivity contribution is 0.770. The molecule has 0 saturated heterocycles. The lowest BCUT2D eigenvalue weighted by atomic mass is 10.2.